The predicted molar refractivity (Wildman–Crippen MR) is 70.5 cm³/mol. The minimum absolute atomic E-state index is 0.533. The first-order chi connectivity index (χ1) is 8.22. The van der Waals surface area contributed by atoms with E-state index >= 15 is 0 Å². The van der Waals surface area contributed by atoms with Gasteiger partial charge in [0.1, 0.15) is 5.01 Å². The number of halogens is 1. The fourth-order valence-corrected chi connectivity index (χ4v) is 3.10. The molecule has 2 aromatic rings. The third kappa shape index (κ3) is 2.15. The Morgan fingerprint density at radius 1 is 1.12 bits per heavy atom. The van der Waals surface area contributed by atoms with Crippen molar-refractivity contribution in [2.75, 3.05) is 5.73 Å². The van der Waals surface area contributed by atoms with Gasteiger partial charge < -0.3 is 5.73 Å². The Bertz CT molecular complexity index is 517. The van der Waals surface area contributed by atoms with Crippen LogP contribution in [0.5, 0.6) is 0 Å². The Labute approximate surface area is 109 Å². The van der Waals surface area contributed by atoms with Crippen LogP contribution in [0.4, 0.5) is 5.13 Å². The first kappa shape index (κ1) is 11.0. The molecule has 1 aromatic carbocycles. The van der Waals surface area contributed by atoms with Crippen LogP contribution in [-0.2, 0) is 0 Å². The van der Waals surface area contributed by atoms with Gasteiger partial charge in [0.2, 0.25) is 5.13 Å². The highest BCUT2D eigenvalue weighted by Gasteiger charge is 2.33. The van der Waals surface area contributed by atoms with Gasteiger partial charge in [0, 0.05) is 10.9 Å². The molecule has 0 radical (unpaired) electrons. The van der Waals surface area contributed by atoms with Gasteiger partial charge in [0.05, 0.1) is 0 Å². The molecule has 1 heterocycles. The highest BCUT2D eigenvalue weighted by Crippen LogP contribution is 2.48. The van der Waals surface area contributed by atoms with E-state index in [0.717, 1.165) is 22.9 Å². The zero-order chi connectivity index (χ0) is 11.8. The topological polar surface area (TPSA) is 51.8 Å². The number of hydrogen-bond donors (Lipinski definition) is 1. The summed E-state index contributed by atoms with van der Waals surface area (Å²) in [5, 5.41) is 10.4. The van der Waals surface area contributed by atoms with Gasteiger partial charge in [-0.3, -0.25) is 0 Å². The van der Waals surface area contributed by atoms with Gasteiger partial charge in [-0.15, -0.1) is 10.2 Å². The van der Waals surface area contributed by atoms with Crippen LogP contribution in [0.3, 0.4) is 0 Å². The summed E-state index contributed by atoms with van der Waals surface area (Å²) >= 11 is 7.38. The van der Waals surface area contributed by atoms with Crippen molar-refractivity contribution in [1.29, 1.82) is 0 Å². The Balaban J connectivity index is 1.66. The smallest absolute Gasteiger partial charge is 0.203 e. The molecule has 0 aliphatic heterocycles. The number of rotatable bonds is 2. The summed E-state index contributed by atoms with van der Waals surface area (Å²) in [6.07, 6.45) is 2.27. The molecular weight excluding hydrogens is 254 g/mol. The Morgan fingerprint density at radius 2 is 1.82 bits per heavy atom. The van der Waals surface area contributed by atoms with Crippen LogP contribution >= 0.6 is 22.9 Å². The molecule has 0 bridgehead atoms. The highest BCUT2D eigenvalue weighted by atomic mass is 35.5. The van der Waals surface area contributed by atoms with Crippen LogP contribution in [0.2, 0.25) is 5.02 Å². The molecule has 1 saturated carbocycles. The number of nitrogens with two attached hydrogens (primary N) is 1. The number of anilines is 1. The lowest BCUT2D eigenvalue weighted by atomic mass is 9.72. The van der Waals surface area contributed by atoms with Gasteiger partial charge in [-0.25, -0.2) is 0 Å². The maximum atomic E-state index is 5.87. The van der Waals surface area contributed by atoms with Crippen LogP contribution in [0.15, 0.2) is 24.3 Å². The van der Waals surface area contributed by atoms with Gasteiger partial charge in [0.15, 0.2) is 0 Å². The first-order valence-electron chi connectivity index (χ1n) is 5.56. The SMILES string of the molecule is Nc1nnc(C2CC(c3ccc(Cl)cc3)C2)s1. The third-order valence-corrected chi connectivity index (χ3v) is 4.45. The number of aromatic nitrogens is 2. The summed E-state index contributed by atoms with van der Waals surface area (Å²) in [4.78, 5) is 0. The molecule has 5 heteroatoms. The van der Waals surface area contributed by atoms with Crippen LogP contribution < -0.4 is 5.73 Å². The summed E-state index contributed by atoms with van der Waals surface area (Å²) in [5.74, 6) is 1.16. The van der Waals surface area contributed by atoms with Crippen molar-refractivity contribution in [1.82, 2.24) is 10.2 Å². The molecule has 1 fully saturated rings. The van der Waals surface area contributed by atoms with Crippen molar-refractivity contribution < 1.29 is 0 Å². The molecule has 0 saturated heterocycles. The standard InChI is InChI=1S/C12H12ClN3S/c13-10-3-1-7(2-4-10)8-5-9(6-8)11-15-16-12(14)17-11/h1-4,8-9H,5-6H2,(H2,14,16). The number of nitrogens with zero attached hydrogens (tertiary/aromatic N) is 2. The van der Waals surface area contributed by atoms with Gasteiger partial charge >= 0.3 is 0 Å². The molecule has 1 aliphatic rings. The molecule has 17 heavy (non-hydrogen) atoms. The van der Waals surface area contributed by atoms with E-state index < -0.39 is 0 Å². The number of hydrogen-bond acceptors (Lipinski definition) is 4. The molecule has 0 amide bonds. The van der Waals surface area contributed by atoms with Crippen molar-refractivity contribution in [2.24, 2.45) is 0 Å². The molecule has 3 rings (SSSR count). The third-order valence-electron chi connectivity index (χ3n) is 3.28. The van der Waals surface area contributed by atoms with E-state index in [0.29, 0.717) is 17.0 Å². The molecular formula is C12H12ClN3S. The normalized spacial score (nSPS) is 23.4. The highest BCUT2D eigenvalue weighted by molar-refractivity contribution is 7.15. The quantitative estimate of drug-likeness (QED) is 0.905. The average molecular weight is 266 g/mol. The molecule has 2 N–H and O–H groups in total. The molecule has 1 aromatic heterocycles. The van der Waals surface area contributed by atoms with E-state index in [2.05, 4.69) is 22.3 Å². The summed E-state index contributed by atoms with van der Waals surface area (Å²) in [7, 11) is 0. The molecule has 0 atom stereocenters. The Morgan fingerprint density at radius 3 is 2.41 bits per heavy atom. The summed E-state index contributed by atoms with van der Waals surface area (Å²) in [5.41, 5.74) is 6.95. The second kappa shape index (κ2) is 4.27. The van der Waals surface area contributed by atoms with Crippen molar-refractivity contribution in [3.8, 4) is 0 Å². The lowest BCUT2D eigenvalue weighted by Crippen LogP contribution is -2.19. The van der Waals surface area contributed by atoms with E-state index in [1.165, 1.54) is 16.9 Å². The van der Waals surface area contributed by atoms with Gasteiger partial charge in [0.25, 0.3) is 0 Å². The minimum Gasteiger partial charge on any atom is -0.374 e. The van der Waals surface area contributed by atoms with Crippen LogP contribution in [0.25, 0.3) is 0 Å². The number of benzene rings is 1. The first-order valence-corrected chi connectivity index (χ1v) is 6.76. The summed E-state index contributed by atoms with van der Waals surface area (Å²) in [6.45, 7) is 0. The monoisotopic (exact) mass is 265 g/mol. The maximum Gasteiger partial charge on any atom is 0.203 e. The van der Waals surface area contributed by atoms with Crippen molar-refractivity contribution in [3.63, 3.8) is 0 Å². The lowest BCUT2D eigenvalue weighted by Gasteiger charge is -2.34. The lowest BCUT2D eigenvalue weighted by molar-refractivity contribution is 0.349. The fraction of sp³-hybridized carbons (Fsp3) is 0.333. The van der Waals surface area contributed by atoms with Crippen LogP contribution in [0.1, 0.15) is 35.2 Å². The van der Waals surface area contributed by atoms with Crippen LogP contribution in [-0.4, -0.2) is 10.2 Å². The van der Waals surface area contributed by atoms with E-state index in [9.17, 15) is 0 Å². The predicted octanol–water partition coefficient (Wildman–Crippen LogP) is 3.43. The van der Waals surface area contributed by atoms with E-state index in [1.54, 1.807) is 0 Å². The Kier molecular flexibility index (Phi) is 2.76. The molecule has 88 valence electrons. The van der Waals surface area contributed by atoms with Crippen molar-refractivity contribution >= 4 is 28.1 Å². The second-order valence-electron chi connectivity index (χ2n) is 4.40. The molecule has 3 nitrogen and oxygen atoms in total. The second-order valence-corrected chi connectivity index (χ2v) is 5.87. The Hall–Kier alpha value is -1.13. The zero-order valence-electron chi connectivity index (χ0n) is 9.14. The minimum atomic E-state index is 0.533. The summed E-state index contributed by atoms with van der Waals surface area (Å²) < 4.78 is 0. The van der Waals surface area contributed by atoms with E-state index in [4.69, 9.17) is 17.3 Å². The average Bonchev–Trinajstić information content (AvgIpc) is 2.66. The maximum absolute atomic E-state index is 5.87. The van der Waals surface area contributed by atoms with Crippen molar-refractivity contribution in [3.05, 3.63) is 39.9 Å². The van der Waals surface area contributed by atoms with Gasteiger partial charge in [-0.1, -0.05) is 35.1 Å². The van der Waals surface area contributed by atoms with Gasteiger partial charge in [-0.2, -0.15) is 0 Å². The largest absolute Gasteiger partial charge is 0.374 e. The molecule has 0 spiro atoms. The number of nitrogen functional groups attached to an aromatic ring is 1. The molecule has 1 aliphatic carbocycles. The van der Waals surface area contributed by atoms with E-state index in [1.807, 2.05) is 12.1 Å². The molecule has 0 unspecified atom stereocenters. The van der Waals surface area contributed by atoms with E-state index in [-0.39, 0.29) is 0 Å². The fourth-order valence-electron chi connectivity index (χ4n) is 2.24. The van der Waals surface area contributed by atoms with Gasteiger partial charge in [-0.05, 0) is 36.5 Å². The zero-order valence-corrected chi connectivity index (χ0v) is 10.7. The van der Waals surface area contributed by atoms with Crippen LogP contribution in [0, 0.1) is 0 Å². The van der Waals surface area contributed by atoms with Crippen molar-refractivity contribution in [2.45, 2.75) is 24.7 Å². The summed E-state index contributed by atoms with van der Waals surface area (Å²) in [6, 6.07) is 8.12.